The van der Waals surface area contributed by atoms with Crippen LogP contribution in [0.2, 0.25) is 10.0 Å². The summed E-state index contributed by atoms with van der Waals surface area (Å²) in [6, 6.07) is 24.6. The molecule has 7 heteroatoms. The zero-order valence-corrected chi connectivity index (χ0v) is 22.4. The molecule has 194 valence electrons. The van der Waals surface area contributed by atoms with E-state index in [1.807, 2.05) is 73.7 Å². The van der Waals surface area contributed by atoms with E-state index in [-0.39, 0.29) is 24.9 Å². The summed E-state index contributed by atoms with van der Waals surface area (Å²) in [4.78, 5) is 27.2. The number of esters is 1. The first-order chi connectivity index (χ1) is 18.4. The third-order valence-electron chi connectivity index (χ3n) is 6.94. The van der Waals surface area contributed by atoms with Crippen LogP contribution in [0.15, 0.2) is 101 Å². The van der Waals surface area contributed by atoms with E-state index in [1.165, 1.54) is 0 Å². The van der Waals surface area contributed by atoms with Gasteiger partial charge in [0.1, 0.15) is 19.0 Å². The SMILES string of the molecule is CC1=C(C(=O)OCCOc2ccccc2)C(c2cccc(Cl)c2Cl)C2=C(CC(c3ccccc3)CC2=O)N1. The van der Waals surface area contributed by atoms with E-state index in [1.54, 1.807) is 12.1 Å². The van der Waals surface area contributed by atoms with Gasteiger partial charge in [0.25, 0.3) is 0 Å². The van der Waals surface area contributed by atoms with Crippen molar-refractivity contribution in [3.63, 3.8) is 0 Å². The van der Waals surface area contributed by atoms with Crippen molar-refractivity contribution in [1.29, 1.82) is 0 Å². The third kappa shape index (κ3) is 5.35. The molecule has 5 rings (SSSR count). The third-order valence-corrected chi connectivity index (χ3v) is 7.77. The van der Waals surface area contributed by atoms with Gasteiger partial charge in [0.15, 0.2) is 5.78 Å². The van der Waals surface area contributed by atoms with Gasteiger partial charge in [-0.15, -0.1) is 0 Å². The van der Waals surface area contributed by atoms with Gasteiger partial charge in [-0.05, 0) is 48.6 Å². The highest BCUT2D eigenvalue weighted by molar-refractivity contribution is 6.42. The minimum atomic E-state index is -0.691. The van der Waals surface area contributed by atoms with E-state index in [0.717, 1.165) is 11.3 Å². The number of Topliss-reactive ketones (excluding diaryl/α,β-unsaturated/α-hetero) is 1. The molecule has 0 saturated heterocycles. The molecular weight excluding hydrogens is 521 g/mol. The summed E-state index contributed by atoms with van der Waals surface area (Å²) in [5.74, 6) is -0.514. The summed E-state index contributed by atoms with van der Waals surface area (Å²) in [6.07, 6.45) is 0.982. The number of nitrogens with one attached hydrogen (secondary N) is 1. The van der Waals surface area contributed by atoms with E-state index >= 15 is 0 Å². The standard InChI is InChI=1S/C31H27Cl2NO4/c1-19-27(31(36)38-16-15-37-22-11-6-3-7-12-22)28(23-13-8-14-24(32)30(23)33)29-25(34-19)17-21(18-26(29)35)20-9-4-2-5-10-20/h2-14,21,28,34H,15-18H2,1H3. The summed E-state index contributed by atoms with van der Waals surface area (Å²) in [7, 11) is 0. The average molecular weight is 548 g/mol. The summed E-state index contributed by atoms with van der Waals surface area (Å²) in [6.45, 7) is 2.07. The number of carbonyl (C=O) groups excluding carboxylic acids is 2. The lowest BCUT2D eigenvalue weighted by Crippen LogP contribution is -2.36. The lowest BCUT2D eigenvalue weighted by molar-refractivity contribution is -0.140. The van der Waals surface area contributed by atoms with Crippen molar-refractivity contribution >= 4 is 35.0 Å². The number of hydrogen-bond donors (Lipinski definition) is 1. The number of ketones is 1. The van der Waals surface area contributed by atoms with E-state index in [9.17, 15) is 9.59 Å². The number of allylic oxidation sites excluding steroid dienone is 3. The highest BCUT2D eigenvalue weighted by Crippen LogP contribution is 2.48. The number of benzene rings is 3. The Morgan fingerprint density at radius 1 is 0.921 bits per heavy atom. The van der Waals surface area contributed by atoms with E-state index in [0.29, 0.717) is 51.0 Å². The molecule has 38 heavy (non-hydrogen) atoms. The lowest BCUT2D eigenvalue weighted by atomic mass is 9.71. The molecule has 1 aliphatic heterocycles. The van der Waals surface area contributed by atoms with E-state index in [4.69, 9.17) is 32.7 Å². The van der Waals surface area contributed by atoms with Crippen molar-refractivity contribution in [3.05, 3.63) is 123 Å². The molecular formula is C31H27Cl2NO4. The van der Waals surface area contributed by atoms with Crippen LogP contribution in [0, 0.1) is 0 Å². The topological polar surface area (TPSA) is 64.6 Å². The molecule has 3 aromatic rings. The lowest BCUT2D eigenvalue weighted by Gasteiger charge is -2.37. The fourth-order valence-electron chi connectivity index (χ4n) is 5.21. The van der Waals surface area contributed by atoms with Crippen LogP contribution in [0.5, 0.6) is 5.75 Å². The van der Waals surface area contributed by atoms with Gasteiger partial charge in [0.2, 0.25) is 0 Å². The van der Waals surface area contributed by atoms with Crippen molar-refractivity contribution in [2.45, 2.75) is 31.6 Å². The predicted molar refractivity (Wildman–Crippen MR) is 148 cm³/mol. The minimum absolute atomic E-state index is 0.0288. The van der Waals surface area contributed by atoms with Gasteiger partial charge in [0, 0.05) is 29.3 Å². The second-order valence-corrected chi connectivity index (χ2v) is 10.2. The van der Waals surface area contributed by atoms with Crippen molar-refractivity contribution < 1.29 is 19.1 Å². The molecule has 0 spiro atoms. The van der Waals surface area contributed by atoms with Crippen LogP contribution in [-0.4, -0.2) is 25.0 Å². The highest BCUT2D eigenvalue weighted by atomic mass is 35.5. The molecule has 5 nitrogen and oxygen atoms in total. The van der Waals surface area contributed by atoms with Crippen LogP contribution < -0.4 is 10.1 Å². The molecule has 0 fully saturated rings. The van der Waals surface area contributed by atoms with Crippen molar-refractivity contribution in [2.75, 3.05) is 13.2 Å². The fourth-order valence-corrected chi connectivity index (χ4v) is 5.63. The van der Waals surface area contributed by atoms with Crippen LogP contribution >= 0.6 is 23.2 Å². The smallest absolute Gasteiger partial charge is 0.336 e. The Hall–Kier alpha value is -3.54. The van der Waals surface area contributed by atoms with Gasteiger partial charge in [-0.1, -0.05) is 83.9 Å². The predicted octanol–water partition coefficient (Wildman–Crippen LogP) is 6.98. The second kappa shape index (κ2) is 11.5. The second-order valence-electron chi connectivity index (χ2n) is 9.37. The molecule has 2 atom stereocenters. The van der Waals surface area contributed by atoms with Crippen LogP contribution in [-0.2, 0) is 14.3 Å². The molecule has 1 N–H and O–H groups in total. The van der Waals surface area contributed by atoms with Crippen molar-refractivity contribution in [2.24, 2.45) is 0 Å². The van der Waals surface area contributed by atoms with Crippen LogP contribution in [0.1, 0.15) is 42.7 Å². The Kier molecular flexibility index (Phi) is 7.87. The molecule has 0 amide bonds. The summed E-state index contributed by atoms with van der Waals surface area (Å²) in [5, 5.41) is 4.03. The minimum Gasteiger partial charge on any atom is -0.490 e. The van der Waals surface area contributed by atoms with Crippen molar-refractivity contribution in [3.8, 4) is 5.75 Å². The first kappa shape index (κ1) is 26.1. The largest absolute Gasteiger partial charge is 0.490 e. The maximum Gasteiger partial charge on any atom is 0.336 e. The molecule has 2 aliphatic rings. The quantitative estimate of drug-likeness (QED) is 0.255. The Morgan fingerprint density at radius 2 is 1.63 bits per heavy atom. The number of rotatable bonds is 7. The number of ether oxygens (including phenoxy) is 2. The molecule has 0 aromatic heterocycles. The Morgan fingerprint density at radius 3 is 2.37 bits per heavy atom. The highest BCUT2D eigenvalue weighted by Gasteiger charge is 2.42. The first-order valence-corrected chi connectivity index (χ1v) is 13.3. The molecule has 3 aromatic carbocycles. The molecule has 0 bridgehead atoms. The molecule has 1 heterocycles. The number of hydrogen-bond acceptors (Lipinski definition) is 5. The Bertz CT molecular complexity index is 1420. The molecule has 0 radical (unpaired) electrons. The Labute approximate surface area is 232 Å². The normalized spacial score (nSPS) is 19.1. The van der Waals surface area contributed by atoms with Crippen LogP contribution in [0.4, 0.5) is 0 Å². The van der Waals surface area contributed by atoms with Crippen LogP contribution in [0.3, 0.4) is 0 Å². The van der Waals surface area contributed by atoms with Crippen LogP contribution in [0.25, 0.3) is 0 Å². The van der Waals surface area contributed by atoms with Gasteiger partial charge in [-0.25, -0.2) is 4.79 Å². The first-order valence-electron chi connectivity index (χ1n) is 12.5. The van der Waals surface area contributed by atoms with Gasteiger partial charge in [-0.3, -0.25) is 4.79 Å². The number of para-hydroxylation sites is 1. The molecule has 1 aliphatic carbocycles. The monoisotopic (exact) mass is 547 g/mol. The fraction of sp³-hybridized carbons (Fsp3) is 0.226. The number of dihydropyridines is 1. The zero-order chi connectivity index (χ0) is 26.6. The number of halogens is 2. The van der Waals surface area contributed by atoms with Gasteiger partial charge >= 0.3 is 5.97 Å². The number of carbonyl (C=O) groups is 2. The van der Waals surface area contributed by atoms with E-state index < -0.39 is 11.9 Å². The summed E-state index contributed by atoms with van der Waals surface area (Å²) >= 11 is 13.0. The maximum absolute atomic E-state index is 13.7. The van der Waals surface area contributed by atoms with Crippen molar-refractivity contribution in [1.82, 2.24) is 5.32 Å². The summed E-state index contributed by atoms with van der Waals surface area (Å²) < 4.78 is 11.3. The molecule has 0 saturated carbocycles. The van der Waals surface area contributed by atoms with Gasteiger partial charge in [-0.2, -0.15) is 0 Å². The maximum atomic E-state index is 13.7. The van der Waals surface area contributed by atoms with Gasteiger partial charge in [0.05, 0.1) is 15.6 Å². The van der Waals surface area contributed by atoms with E-state index in [2.05, 4.69) is 5.32 Å². The van der Waals surface area contributed by atoms with Gasteiger partial charge < -0.3 is 14.8 Å². The Balaban J connectivity index is 1.45. The average Bonchev–Trinajstić information content (AvgIpc) is 2.93. The zero-order valence-electron chi connectivity index (χ0n) is 20.9. The summed E-state index contributed by atoms with van der Waals surface area (Å²) in [5.41, 5.74) is 4.03. The molecule has 2 unspecified atom stereocenters.